The second-order valence-electron chi connectivity index (χ2n) is 1.76. The number of nitriles is 1. The van der Waals surface area contributed by atoms with E-state index in [0.29, 0.717) is 0 Å². The van der Waals surface area contributed by atoms with Crippen LogP contribution in [0.5, 0.6) is 0 Å². The third-order valence-electron chi connectivity index (χ3n) is 1.03. The number of ether oxygens (including phenoxy) is 1. The van der Waals surface area contributed by atoms with Crippen LogP contribution in [0, 0.1) is 11.3 Å². The fraction of sp³-hybridized carbons (Fsp3) is 0.667. The second kappa shape index (κ2) is 5.65. The Hall–Kier alpha value is -1.12. The van der Waals surface area contributed by atoms with Gasteiger partial charge in [0.2, 0.25) is 0 Å². The van der Waals surface area contributed by atoms with Crippen LogP contribution in [0.3, 0.4) is 0 Å². The van der Waals surface area contributed by atoms with Crippen LogP contribution < -0.4 is 5.32 Å². The minimum absolute atomic E-state index is 0.116. The van der Waals surface area contributed by atoms with E-state index in [1.54, 1.807) is 6.07 Å². The molecular formula is C6H10N2O3. The van der Waals surface area contributed by atoms with Gasteiger partial charge < -0.3 is 9.84 Å². The van der Waals surface area contributed by atoms with Crippen LogP contribution >= 0.6 is 0 Å². The predicted molar refractivity (Wildman–Crippen MR) is 36.5 cm³/mol. The van der Waals surface area contributed by atoms with Gasteiger partial charge in [-0.25, -0.2) is 4.79 Å². The van der Waals surface area contributed by atoms with E-state index in [0.717, 1.165) is 0 Å². The van der Waals surface area contributed by atoms with Crippen molar-refractivity contribution in [2.75, 3.05) is 20.3 Å². The highest BCUT2D eigenvalue weighted by Gasteiger charge is 2.16. The summed E-state index contributed by atoms with van der Waals surface area (Å²) in [6.07, 6.45) is 0. The number of aliphatic hydroxyl groups excluding tert-OH is 1. The molecule has 1 atom stereocenters. The number of rotatable bonds is 4. The smallest absolute Gasteiger partial charge is 0.337 e. The van der Waals surface area contributed by atoms with Crippen molar-refractivity contribution in [3.8, 4) is 6.07 Å². The summed E-state index contributed by atoms with van der Waals surface area (Å²) < 4.78 is 4.29. The molecule has 11 heavy (non-hydrogen) atoms. The molecule has 0 fully saturated rings. The normalized spacial score (nSPS) is 11.7. The number of aliphatic hydroxyl groups is 1. The van der Waals surface area contributed by atoms with Gasteiger partial charge in [-0.15, -0.1) is 0 Å². The third kappa shape index (κ3) is 3.55. The lowest BCUT2D eigenvalue weighted by molar-refractivity contribution is -0.141. The maximum absolute atomic E-state index is 10.7. The van der Waals surface area contributed by atoms with E-state index in [9.17, 15) is 4.79 Å². The maximum Gasteiger partial charge on any atom is 0.337 e. The molecule has 0 aliphatic heterocycles. The van der Waals surface area contributed by atoms with Crippen LogP contribution in [0.2, 0.25) is 0 Å². The van der Waals surface area contributed by atoms with Crippen molar-refractivity contribution in [1.29, 1.82) is 5.26 Å². The first kappa shape index (κ1) is 9.88. The zero-order valence-corrected chi connectivity index (χ0v) is 6.20. The molecule has 2 N–H and O–H groups in total. The first-order chi connectivity index (χ1) is 5.26. The van der Waals surface area contributed by atoms with Gasteiger partial charge in [0.05, 0.1) is 19.8 Å². The molecule has 0 rings (SSSR count). The van der Waals surface area contributed by atoms with Crippen LogP contribution in [-0.2, 0) is 9.53 Å². The summed E-state index contributed by atoms with van der Waals surface area (Å²) in [5, 5.41) is 19.2. The number of nitrogens with one attached hydrogen (secondary N) is 1. The molecule has 5 heteroatoms. The van der Waals surface area contributed by atoms with Crippen molar-refractivity contribution in [2.45, 2.75) is 6.04 Å². The van der Waals surface area contributed by atoms with Gasteiger partial charge in [0.15, 0.2) is 6.04 Å². The summed E-state index contributed by atoms with van der Waals surface area (Å²) in [6.45, 7) is 0.0858. The highest BCUT2D eigenvalue weighted by molar-refractivity contribution is 5.78. The average Bonchev–Trinajstić information content (AvgIpc) is 2.05. The number of carbonyl (C=O) groups is 1. The fourth-order valence-electron chi connectivity index (χ4n) is 0.508. The SMILES string of the molecule is COC(=O)C(C#N)NCCO. The summed E-state index contributed by atoms with van der Waals surface area (Å²) in [7, 11) is 1.20. The van der Waals surface area contributed by atoms with Crippen LogP contribution in [-0.4, -0.2) is 37.4 Å². The topological polar surface area (TPSA) is 82.4 Å². The molecule has 62 valence electrons. The van der Waals surface area contributed by atoms with Crippen molar-refractivity contribution in [3.05, 3.63) is 0 Å². The molecule has 0 aromatic heterocycles. The number of methoxy groups -OCH3 is 1. The van der Waals surface area contributed by atoms with Crippen LogP contribution in [0.4, 0.5) is 0 Å². The van der Waals surface area contributed by atoms with E-state index in [1.807, 2.05) is 0 Å². The quantitative estimate of drug-likeness (QED) is 0.493. The van der Waals surface area contributed by atoms with E-state index in [4.69, 9.17) is 10.4 Å². The van der Waals surface area contributed by atoms with Gasteiger partial charge in [-0.2, -0.15) is 5.26 Å². The van der Waals surface area contributed by atoms with Crippen molar-refractivity contribution >= 4 is 5.97 Å². The van der Waals surface area contributed by atoms with Gasteiger partial charge in [0.1, 0.15) is 0 Å². The van der Waals surface area contributed by atoms with Gasteiger partial charge >= 0.3 is 5.97 Å². The molecule has 5 nitrogen and oxygen atoms in total. The highest BCUT2D eigenvalue weighted by Crippen LogP contribution is 1.83. The summed E-state index contributed by atoms with van der Waals surface area (Å²) in [4.78, 5) is 10.7. The van der Waals surface area contributed by atoms with E-state index < -0.39 is 12.0 Å². The van der Waals surface area contributed by atoms with Crippen molar-refractivity contribution in [3.63, 3.8) is 0 Å². The summed E-state index contributed by atoms with van der Waals surface area (Å²) in [6, 6.07) is 0.711. The van der Waals surface area contributed by atoms with Crippen LogP contribution in [0.15, 0.2) is 0 Å². The summed E-state index contributed by atoms with van der Waals surface area (Å²) >= 11 is 0. The van der Waals surface area contributed by atoms with Crippen LogP contribution in [0.25, 0.3) is 0 Å². The zero-order chi connectivity index (χ0) is 8.69. The third-order valence-corrected chi connectivity index (χ3v) is 1.03. The van der Waals surface area contributed by atoms with Crippen LogP contribution in [0.1, 0.15) is 0 Å². The fourth-order valence-corrected chi connectivity index (χ4v) is 0.508. The largest absolute Gasteiger partial charge is 0.467 e. The molecule has 0 saturated heterocycles. The van der Waals surface area contributed by atoms with Gasteiger partial charge in [-0.1, -0.05) is 0 Å². The number of esters is 1. The minimum Gasteiger partial charge on any atom is -0.467 e. The summed E-state index contributed by atoms with van der Waals surface area (Å²) in [5.74, 6) is -0.638. The van der Waals surface area contributed by atoms with Gasteiger partial charge in [-0.3, -0.25) is 5.32 Å². The van der Waals surface area contributed by atoms with E-state index in [1.165, 1.54) is 7.11 Å². The zero-order valence-electron chi connectivity index (χ0n) is 6.20. The Labute approximate surface area is 64.6 Å². The molecule has 0 heterocycles. The molecular weight excluding hydrogens is 148 g/mol. The number of hydrogen-bond donors (Lipinski definition) is 2. The Morgan fingerprint density at radius 1 is 1.91 bits per heavy atom. The molecule has 0 bridgehead atoms. The lowest BCUT2D eigenvalue weighted by Gasteiger charge is -2.06. The second-order valence-corrected chi connectivity index (χ2v) is 1.76. The van der Waals surface area contributed by atoms with Crippen molar-refractivity contribution in [1.82, 2.24) is 5.32 Å². The monoisotopic (exact) mass is 158 g/mol. The Morgan fingerprint density at radius 2 is 2.55 bits per heavy atom. The molecule has 0 aromatic carbocycles. The van der Waals surface area contributed by atoms with E-state index >= 15 is 0 Å². The van der Waals surface area contributed by atoms with Crippen molar-refractivity contribution in [2.24, 2.45) is 0 Å². The van der Waals surface area contributed by atoms with E-state index in [-0.39, 0.29) is 13.2 Å². The molecule has 0 aliphatic carbocycles. The van der Waals surface area contributed by atoms with Gasteiger partial charge in [-0.05, 0) is 0 Å². The number of carbonyl (C=O) groups excluding carboxylic acids is 1. The predicted octanol–water partition coefficient (Wildman–Crippen LogP) is -1.37. The lowest BCUT2D eigenvalue weighted by Crippen LogP contribution is -2.37. The molecule has 0 aliphatic rings. The molecule has 0 aromatic rings. The Balaban J connectivity index is 3.78. The molecule has 1 unspecified atom stereocenters. The van der Waals surface area contributed by atoms with E-state index in [2.05, 4.69) is 10.1 Å². The van der Waals surface area contributed by atoms with Crippen molar-refractivity contribution < 1.29 is 14.6 Å². The maximum atomic E-state index is 10.7. The number of hydrogen-bond acceptors (Lipinski definition) is 5. The Kier molecular flexibility index (Phi) is 5.07. The molecule has 0 saturated carbocycles. The Bertz CT molecular complexity index is 164. The highest BCUT2D eigenvalue weighted by atomic mass is 16.5. The first-order valence-electron chi connectivity index (χ1n) is 3.08. The standard InChI is InChI=1S/C6H10N2O3/c1-11-6(10)5(4-7)8-2-3-9/h5,8-9H,2-3H2,1H3. The number of nitrogens with zero attached hydrogens (tertiary/aromatic N) is 1. The summed E-state index contributed by atoms with van der Waals surface area (Å²) in [5.41, 5.74) is 0. The molecule has 0 amide bonds. The van der Waals surface area contributed by atoms with Gasteiger partial charge in [0, 0.05) is 6.54 Å². The minimum atomic E-state index is -0.979. The lowest BCUT2D eigenvalue weighted by atomic mass is 10.3. The Morgan fingerprint density at radius 3 is 2.91 bits per heavy atom. The van der Waals surface area contributed by atoms with Gasteiger partial charge in [0.25, 0.3) is 0 Å². The molecule has 0 spiro atoms. The first-order valence-corrected chi connectivity index (χ1v) is 3.08. The average molecular weight is 158 g/mol. The molecule has 0 radical (unpaired) electrons.